The fourth-order valence-electron chi connectivity index (χ4n) is 5.69. The largest absolute Gasteiger partial charge is 0.453 e. The molecule has 0 spiro atoms. The van der Waals surface area contributed by atoms with Crippen LogP contribution < -0.4 is 16.0 Å². The van der Waals surface area contributed by atoms with E-state index in [0.717, 1.165) is 28.2 Å². The van der Waals surface area contributed by atoms with Gasteiger partial charge in [-0.2, -0.15) is 0 Å². The van der Waals surface area contributed by atoms with Gasteiger partial charge in [-0.1, -0.05) is 38.1 Å². The van der Waals surface area contributed by atoms with E-state index in [1.54, 1.807) is 36.4 Å². The van der Waals surface area contributed by atoms with Crippen LogP contribution in [0.3, 0.4) is 0 Å². The van der Waals surface area contributed by atoms with Crippen LogP contribution >= 0.6 is 0 Å². The van der Waals surface area contributed by atoms with Gasteiger partial charge in [-0.05, 0) is 90.6 Å². The van der Waals surface area contributed by atoms with Gasteiger partial charge in [0, 0.05) is 23.6 Å². The van der Waals surface area contributed by atoms with Gasteiger partial charge in [0.1, 0.15) is 17.9 Å². The third kappa shape index (κ3) is 6.93. The van der Waals surface area contributed by atoms with E-state index in [4.69, 9.17) is 0 Å². The highest BCUT2D eigenvalue weighted by atomic mass is 19.1. The summed E-state index contributed by atoms with van der Waals surface area (Å²) >= 11 is 0. The number of anilines is 2. The predicted molar refractivity (Wildman–Crippen MR) is 174 cm³/mol. The molecule has 3 aromatic carbocycles. The molecule has 2 atom stereocenters. The Morgan fingerprint density at radius 1 is 0.870 bits per heavy atom. The summed E-state index contributed by atoms with van der Waals surface area (Å²) in [4.78, 5) is 50.9. The average molecular weight is 626 g/mol. The van der Waals surface area contributed by atoms with E-state index in [9.17, 15) is 23.6 Å². The summed E-state index contributed by atoms with van der Waals surface area (Å²) in [6.45, 7) is 4.06. The van der Waals surface area contributed by atoms with Gasteiger partial charge in [0.05, 0.1) is 18.5 Å². The molecule has 1 fully saturated rings. The number of carbonyl (C=O) groups is 4. The second kappa shape index (κ2) is 14.1. The van der Waals surface area contributed by atoms with Crippen molar-refractivity contribution in [3.8, 4) is 28.2 Å². The third-order valence-corrected chi connectivity index (χ3v) is 8.05. The highest BCUT2D eigenvalue weighted by Crippen LogP contribution is 2.34. The van der Waals surface area contributed by atoms with E-state index >= 15 is 0 Å². The Balaban J connectivity index is 1.37. The minimum Gasteiger partial charge on any atom is -0.453 e. The maximum absolute atomic E-state index is 13.8. The van der Waals surface area contributed by atoms with Gasteiger partial charge >= 0.3 is 6.09 Å². The molecule has 0 saturated carbocycles. The van der Waals surface area contributed by atoms with E-state index in [2.05, 4.69) is 20.7 Å². The van der Waals surface area contributed by atoms with Crippen molar-refractivity contribution in [3.63, 3.8) is 0 Å². The molecule has 0 radical (unpaired) electrons. The monoisotopic (exact) mass is 625 g/mol. The van der Waals surface area contributed by atoms with Gasteiger partial charge in [-0.3, -0.25) is 14.4 Å². The van der Waals surface area contributed by atoms with Crippen LogP contribution in [0.2, 0.25) is 0 Å². The number of methoxy groups -OCH3 is 1. The topological polar surface area (TPSA) is 122 Å². The zero-order valence-electron chi connectivity index (χ0n) is 25.8. The van der Waals surface area contributed by atoms with Crippen molar-refractivity contribution in [1.82, 2.24) is 14.8 Å². The summed E-state index contributed by atoms with van der Waals surface area (Å²) < 4.78 is 20.5. The van der Waals surface area contributed by atoms with E-state index in [1.807, 2.05) is 54.8 Å². The van der Waals surface area contributed by atoms with Crippen LogP contribution in [0.15, 0.2) is 84.9 Å². The third-order valence-electron chi connectivity index (χ3n) is 8.05. The van der Waals surface area contributed by atoms with Crippen LogP contribution in [0.25, 0.3) is 28.2 Å². The normalized spacial score (nSPS) is 14.9. The number of amides is 4. The van der Waals surface area contributed by atoms with Crippen molar-refractivity contribution in [2.75, 3.05) is 24.3 Å². The van der Waals surface area contributed by atoms with E-state index < -0.39 is 18.2 Å². The lowest BCUT2D eigenvalue weighted by atomic mass is 10.0. The summed E-state index contributed by atoms with van der Waals surface area (Å²) in [5.74, 6) is -1.16. The van der Waals surface area contributed by atoms with Crippen LogP contribution in [0.4, 0.5) is 20.6 Å². The van der Waals surface area contributed by atoms with Crippen LogP contribution in [-0.2, 0) is 19.1 Å². The molecular formula is C35H36FN5O5. The zero-order chi connectivity index (χ0) is 32.8. The van der Waals surface area contributed by atoms with Crippen LogP contribution in [0, 0.1) is 11.7 Å². The molecule has 238 valence electrons. The first-order chi connectivity index (χ1) is 22.2. The predicted octanol–water partition coefficient (Wildman–Crippen LogP) is 5.83. The quantitative estimate of drug-likeness (QED) is 0.192. The minimum atomic E-state index is -0.812. The van der Waals surface area contributed by atoms with Gasteiger partial charge in [0.25, 0.3) is 0 Å². The van der Waals surface area contributed by atoms with E-state index in [1.165, 1.54) is 24.1 Å². The smallest absolute Gasteiger partial charge is 0.407 e. The molecule has 1 aliphatic rings. The molecule has 4 aromatic rings. The highest BCUT2D eigenvalue weighted by molar-refractivity contribution is 5.99. The zero-order valence-corrected chi connectivity index (χ0v) is 25.8. The van der Waals surface area contributed by atoms with Crippen molar-refractivity contribution in [3.05, 3.63) is 90.7 Å². The lowest BCUT2D eigenvalue weighted by Crippen LogP contribution is -2.54. The summed E-state index contributed by atoms with van der Waals surface area (Å²) in [7, 11) is 1.24. The molecule has 3 N–H and O–H groups in total. The lowest BCUT2D eigenvalue weighted by molar-refractivity contribution is -0.139. The van der Waals surface area contributed by atoms with Gasteiger partial charge in [0.2, 0.25) is 18.2 Å². The van der Waals surface area contributed by atoms with Crippen molar-refractivity contribution in [2.24, 2.45) is 5.92 Å². The van der Waals surface area contributed by atoms with Crippen molar-refractivity contribution < 1.29 is 28.3 Å². The highest BCUT2D eigenvalue weighted by Gasteiger charge is 2.38. The fraction of sp³-hybridized carbons (Fsp3) is 0.257. The maximum Gasteiger partial charge on any atom is 0.407 e. The Kier molecular flexibility index (Phi) is 9.80. The standard InChI is InChI=1S/C35H36FN5O5/c1-22(2)32(39-35(45)46-3)34(44)40-20-4-5-31(40)33(43)38-27-14-8-24(9-15-27)30-19-18-29(23-6-12-26(13-7-23)37-21-42)41(30)28-16-10-25(36)11-17-28/h6-19,21-22,31-32H,4-5,20H2,1-3H3,(H,37,42)(H,38,43)(H,39,45)/t31-,32-/m0/s1. The fourth-order valence-corrected chi connectivity index (χ4v) is 5.69. The number of benzene rings is 3. The molecule has 1 saturated heterocycles. The number of nitrogens with one attached hydrogen (secondary N) is 3. The minimum absolute atomic E-state index is 0.198. The van der Waals surface area contributed by atoms with Crippen molar-refractivity contribution in [2.45, 2.75) is 38.8 Å². The second-order valence-corrected chi connectivity index (χ2v) is 11.4. The number of rotatable bonds is 10. The van der Waals surface area contributed by atoms with E-state index in [0.29, 0.717) is 37.2 Å². The van der Waals surface area contributed by atoms with Gasteiger partial charge in [0.15, 0.2) is 0 Å². The molecule has 5 rings (SSSR count). The molecule has 0 unspecified atom stereocenters. The summed E-state index contributed by atoms with van der Waals surface area (Å²) in [5.41, 5.74) is 5.46. The summed E-state index contributed by atoms with van der Waals surface area (Å²) in [6, 6.07) is 23.5. The first kappa shape index (κ1) is 32.0. The Labute approximate surface area is 266 Å². The Hall–Kier alpha value is -5.45. The Bertz CT molecular complexity index is 1700. The number of aromatic nitrogens is 1. The Morgan fingerprint density at radius 2 is 1.46 bits per heavy atom. The first-order valence-electron chi connectivity index (χ1n) is 15.0. The molecule has 2 heterocycles. The van der Waals surface area contributed by atoms with Gasteiger partial charge < -0.3 is 30.2 Å². The molecule has 1 aliphatic heterocycles. The van der Waals surface area contributed by atoms with Crippen molar-refractivity contribution in [1.29, 1.82) is 0 Å². The number of alkyl carbamates (subject to hydrolysis) is 1. The molecule has 4 amide bonds. The summed E-state index contributed by atoms with van der Waals surface area (Å²) in [6.07, 6.45) is 1.11. The summed E-state index contributed by atoms with van der Waals surface area (Å²) in [5, 5.41) is 8.17. The van der Waals surface area contributed by atoms with Crippen molar-refractivity contribution >= 4 is 35.7 Å². The van der Waals surface area contributed by atoms with Crippen LogP contribution in [-0.4, -0.2) is 59.5 Å². The molecular weight excluding hydrogens is 589 g/mol. The molecule has 10 nitrogen and oxygen atoms in total. The number of carbonyl (C=O) groups excluding carboxylic acids is 4. The molecule has 46 heavy (non-hydrogen) atoms. The number of halogens is 1. The van der Waals surface area contributed by atoms with Crippen LogP contribution in [0.1, 0.15) is 26.7 Å². The molecule has 1 aromatic heterocycles. The number of likely N-dealkylation sites (tertiary alicyclic amines) is 1. The lowest BCUT2D eigenvalue weighted by Gasteiger charge is -2.30. The van der Waals surface area contributed by atoms with Gasteiger partial charge in [-0.15, -0.1) is 0 Å². The van der Waals surface area contributed by atoms with E-state index in [-0.39, 0.29) is 23.5 Å². The second-order valence-electron chi connectivity index (χ2n) is 11.4. The molecule has 11 heteroatoms. The van der Waals surface area contributed by atoms with Crippen LogP contribution in [0.5, 0.6) is 0 Å². The average Bonchev–Trinajstić information content (AvgIpc) is 3.73. The number of hydrogen-bond acceptors (Lipinski definition) is 5. The Morgan fingerprint density at radius 3 is 2.00 bits per heavy atom. The first-order valence-corrected chi connectivity index (χ1v) is 15.0. The number of ether oxygens (including phenoxy) is 1. The SMILES string of the molecule is COC(=O)N[C@H](C(=O)N1CCC[C@H]1C(=O)Nc1ccc(-c2ccc(-c3ccc(NC=O)cc3)n2-c2ccc(F)cc2)cc1)C(C)C. The number of nitrogens with zero attached hydrogens (tertiary/aromatic N) is 2. The van der Waals surface area contributed by atoms with Gasteiger partial charge in [-0.25, -0.2) is 9.18 Å². The number of hydrogen-bond donors (Lipinski definition) is 3. The molecule has 0 aliphatic carbocycles. The maximum atomic E-state index is 13.8. The molecule has 0 bridgehead atoms.